The van der Waals surface area contributed by atoms with Gasteiger partial charge in [-0.2, -0.15) is 4.31 Å². The maximum Gasteiger partial charge on any atom is 0.272 e. The highest BCUT2D eigenvalue weighted by molar-refractivity contribution is 7.89. The highest BCUT2D eigenvalue weighted by Gasteiger charge is 2.25. The highest BCUT2D eigenvalue weighted by Crippen LogP contribution is 2.28. The van der Waals surface area contributed by atoms with Crippen LogP contribution in [-0.2, 0) is 10.0 Å². The van der Waals surface area contributed by atoms with Crippen LogP contribution in [0.15, 0.2) is 47.4 Å². The molecule has 0 bridgehead atoms. The number of H-pyrrole nitrogens is 1. The molecule has 0 aliphatic heterocycles. The van der Waals surface area contributed by atoms with Gasteiger partial charge in [0.15, 0.2) is 0 Å². The Hall–Kier alpha value is -2.35. The van der Waals surface area contributed by atoms with Crippen LogP contribution < -0.4 is 5.32 Å². The zero-order valence-corrected chi connectivity index (χ0v) is 17.5. The molecule has 3 rings (SSSR count). The summed E-state index contributed by atoms with van der Waals surface area (Å²) in [6.45, 7) is 6.17. The number of hydrogen-bond acceptors (Lipinski definition) is 3. The van der Waals surface area contributed by atoms with E-state index in [4.69, 9.17) is 11.6 Å². The van der Waals surface area contributed by atoms with Gasteiger partial charge in [0.25, 0.3) is 5.91 Å². The summed E-state index contributed by atoms with van der Waals surface area (Å²) >= 11 is 6.14. The summed E-state index contributed by atoms with van der Waals surface area (Å²) in [5.41, 5.74) is 2.70. The summed E-state index contributed by atoms with van der Waals surface area (Å²) in [7, 11) is -3.74. The maximum atomic E-state index is 12.8. The molecule has 0 fully saturated rings. The minimum absolute atomic E-state index is 0.0251. The van der Waals surface area contributed by atoms with Crippen LogP contribution in [-0.4, -0.2) is 36.7 Å². The molecule has 0 saturated carbocycles. The van der Waals surface area contributed by atoms with Crippen molar-refractivity contribution in [3.63, 3.8) is 0 Å². The predicted molar refractivity (Wildman–Crippen MR) is 113 cm³/mol. The first-order valence-corrected chi connectivity index (χ1v) is 10.8. The number of amides is 1. The zero-order valence-electron chi connectivity index (χ0n) is 15.9. The molecule has 0 atom stereocenters. The van der Waals surface area contributed by atoms with Crippen LogP contribution in [0.2, 0.25) is 5.02 Å². The van der Waals surface area contributed by atoms with Gasteiger partial charge < -0.3 is 10.3 Å². The van der Waals surface area contributed by atoms with Crippen molar-refractivity contribution in [2.45, 2.75) is 25.7 Å². The smallest absolute Gasteiger partial charge is 0.272 e. The number of hydrogen-bond donors (Lipinski definition) is 2. The molecule has 0 spiro atoms. The Morgan fingerprint density at radius 2 is 1.82 bits per heavy atom. The Bertz CT molecular complexity index is 1130. The molecule has 0 radical (unpaired) electrons. The largest absolute Gasteiger partial charge is 0.351 e. The van der Waals surface area contributed by atoms with Crippen LogP contribution in [0.25, 0.3) is 10.9 Å². The molecule has 2 aromatic carbocycles. The zero-order chi connectivity index (χ0) is 20.5. The summed E-state index contributed by atoms with van der Waals surface area (Å²) in [6, 6.07) is 12.1. The Labute approximate surface area is 169 Å². The van der Waals surface area contributed by atoms with Crippen LogP contribution in [0.3, 0.4) is 0 Å². The molecule has 1 aromatic heterocycles. The van der Waals surface area contributed by atoms with E-state index in [1.165, 1.54) is 16.4 Å². The number of rotatable bonds is 6. The summed E-state index contributed by atoms with van der Waals surface area (Å²) in [4.78, 5) is 15.7. The summed E-state index contributed by atoms with van der Waals surface area (Å²) in [5, 5.41) is 3.78. The number of nitrogens with zero attached hydrogens (tertiary/aromatic N) is 1. The van der Waals surface area contributed by atoms with Crippen molar-refractivity contribution < 1.29 is 13.2 Å². The van der Waals surface area contributed by atoms with Gasteiger partial charge in [0.05, 0.1) is 5.02 Å². The minimum atomic E-state index is -3.74. The van der Waals surface area contributed by atoms with E-state index in [2.05, 4.69) is 10.3 Å². The first-order valence-electron chi connectivity index (χ1n) is 8.96. The molecule has 2 N–H and O–H groups in total. The van der Waals surface area contributed by atoms with E-state index >= 15 is 0 Å². The standard InChI is InChI=1S/C20H22ClN3O3S/c1-4-24(5-2)28(26,27)19-12-15(8-9-16(19)21)22-20(25)18-11-14-7-6-13(3)10-17(14)23-18/h6-12,23H,4-5H2,1-3H3,(H,22,25). The fourth-order valence-electron chi connectivity index (χ4n) is 3.04. The Kier molecular flexibility index (Phi) is 5.79. The quantitative estimate of drug-likeness (QED) is 0.620. The Morgan fingerprint density at radius 3 is 2.50 bits per heavy atom. The van der Waals surface area contributed by atoms with Crippen molar-refractivity contribution in [3.05, 3.63) is 58.7 Å². The Balaban J connectivity index is 1.91. The lowest BCUT2D eigenvalue weighted by atomic mass is 10.2. The van der Waals surface area contributed by atoms with Crippen molar-refractivity contribution in [1.82, 2.24) is 9.29 Å². The second-order valence-electron chi connectivity index (χ2n) is 6.46. The first kappa shape index (κ1) is 20.4. The number of benzene rings is 2. The second kappa shape index (κ2) is 7.95. The van der Waals surface area contributed by atoms with Crippen molar-refractivity contribution in [2.24, 2.45) is 0 Å². The fourth-order valence-corrected chi connectivity index (χ4v) is 5.00. The molecule has 0 saturated heterocycles. The van der Waals surface area contributed by atoms with E-state index in [9.17, 15) is 13.2 Å². The number of fused-ring (bicyclic) bond motifs is 1. The lowest BCUT2D eigenvalue weighted by Crippen LogP contribution is -2.30. The van der Waals surface area contributed by atoms with Gasteiger partial charge in [-0.05, 0) is 42.8 Å². The third-order valence-corrected chi connectivity index (χ3v) is 7.07. The lowest BCUT2D eigenvalue weighted by molar-refractivity contribution is 0.102. The van der Waals surface area contributed by atoms with Crippen LogP contribution in [0.1, 0.15) is 29.9 Å². The van der Waals surface area contributed by atoms with E-state index in [-0.39, 0.29) is 15.8 Å². The van der Waals surface area contributed by atoms with Gasteiger partial charge in [0.2, 0.25) is 10.0 Å². The predicted octanol–water partition coefficient (Wildman–Crippen LogP) is 4.41. The molecule has 1 amide bonds. The third-order valence-electron chi connectivity index (χ3n) is 4.53. The summed E-state index contributed by atoms with van der Waals surface area (Å²) in [5.74, 6) is -0.359. The summed E-state index contributed by atoms with van der Waals surface area (Å²) in [6.07, 6.45) is 0. The van der Waals surface area contributed by atoms with Crippen molar-refractivity contribution in [3.8, 4) is 0 Å². The lowest BCUT2D eigenvalue weighted by Gasteiger charge is -2.19. The van der Waals surface area contributed by atoms with Gasteiger partial charge in [-0.25, -0.2) is 8.42 Å². The number of nitrogens with one attached hydrogen (secondary N) is 2. The first-order chi connectivity index (χ1) is 13.3. The molecule has 148 valence electrons. The van der Waals surface area contributed by atoms with Gasteiger partial charge in [-0.1, -0.05) is 37.6 Å². The average Bonchev–Trinajstić information content (AvgIpc) is 3.07. The molecular weight excluding hydrogens is 398 g/mol. The SMILES string of the molecule is CCN(CC)S(=O)(=O)c1cc(NC(=O)c2cc3ccc(C)cc3[nH]2)ccc1Cl. The topological polar surface area (TPSA) is 82.3 Å². The molecular formula is C20H22ClN3O3S. The summed E-state index contributed by atoms with van der Waals surface area (Å²) < 4.78 is 26.9. The van der Waals surface area contributed by atoms with Crippen molar-refractivity contribution in [2.75, 3.05) is 18.4 Å². The van der Waals surface area contributed by atoms with Gasteiger partial charge in [-0.15, -0.1) is 0 Å². The highest BCUT2D eigenvalue weighted by atomic mass is 35.5. The van der Waals surface area contributed by atoms with Gasteiger partial charge in [0.1, 0.15) is 10.6 Å². The number of aromatic amines is 1. The van der Waals surface area contributed by atoms with E-state index < -0.39 is 10.0 Å². The number of aryl methyl sites for hydroxylation is 1. The third kappa shape index (κ3) is 3.92. The van der Waals surface area contributed by atoms with E-state index in [1.807, 2.05) is 25.1 Å². The maximum absolute atomic E-state index is 12.8. The number of halogens is 1. The fraction of sp³-hybridized carbons (Fsp3) is 0.250. The van der Waals surface area contributed by atoms with Gasteiger partial charge in [-0.3, -0.25) is 4.79 Å². The van der Waals surface area contributed by atoms with E-state index in [0.717, 1.165) is 16.5 Å². The average molecular weight is 420 g/mol. The molecule has 8 heteroatoms. The minimum Gasteiger partial charge on any atom is -0.351 e. The van der Waals surface area contributed by atoms with Crippen LogP contribution in [0.5, 0.6) is 0 Å². The van der Waals surface area contributed by atoms with Crippen LogP contribution >= 0.6 is 11.6 Å². The monoisotopic (exact) mass is 419 g/mol. The van der Waals surface area contributed by atoms with Gasteiger partial charge >= 0.3 is 0 Å². The number of sulfonamides is 1. The molecule has 3 aromatic rings. The molecule has 28 heavy (non-hydrogen) atoms. The number of carbonyl (C=O) groups excluding carboxylic acids is 1. The number of anilines is 1. The van der Waals surface area contributed by atoms with Crippen LogP contribution in [0.4, 0.5) is 5.69 Å². The van der Waals surface area contributed by atoms with Crippen molar-refractivity contribution >= 4 is 44.1 Å². The normalized spacial score (nSPS) is 11.9. The van der Waals surface area contributed by atoms with E-state index in [0.29, 0.717) is 24.5 Å². The molecule has 0 aliphatic carbocycles. The second-order valence-corrected chi connectivity index (χ2v) is 8.78. The van der Waals surface area contributed by atoms with Gasteiger partial charge in [0, 0.05) is 29.7 Å². The number of carbonyl (C=O) groups is 1. The Morgan fingerprint density at radius 1 is 1.11 bits per heavy atom. The molecule has 0 aliphatic rings. The van der Waals surface area contributed by atoms with E-state index in [1.54, 1.807) is 26.0 Å². The molecule has 0 unspecified atom stereocenters. The molecule has 6 nitrogen and oxygen atoms in total. The number of aromatic nitrogens is 1. The van der Waals surface area contributed by atoms with Crippen LogP contribution in [0, 0.1) is 6.92 Å². The van der Waals surface area contributed by atoms with Crippen molar-refractivity contribution in [1.29, 1.82) is 0 Å². The molecule has 1 heterocycles.